The molecule has 1 aromatic heterocycles. The largest absolute Gasteiger partial charge is 0.465 e. The van der Waals surface area contributed by atoms with Gasteiger partial charge in [0.1, 0.15) is 0 Å². The van der Waals surface area contributed by atoms with E-state index in [1.807, 2.05) is 13.0 Å². The molecule has 0 bridgehead atoms. The van der Waals surface area contributed by atoms with Gasteiger partial charge in [0.2, 0.25) is 5.91 Å². The van der Waals surface area contributed by atoms with Gasteiger partial charge in [0.15, 0.2) is 0 Å². The molecule has 1 amide bonds. The third-order valence-electron chi connectivity index (χ3n) is 4.30. The minimum absolute atomic E-state index is 0.0394. The van der Waals surface area contributed by atoms with Gasteiger partial charge >= 0.3 is 5.97 Å². The summed E-state index contributed by atoms with van der Waals surface area (Å²) in [6, 6.07) is 9.85. The first-order valence-electron chi connectivity index (χ1n) is 8.53. The normalized spacial score (nSPS) is 10.7. The Bertz CT molecular complexity index is 1120. The van der Waals surface area contributed by atoms with Crippen LogP contribution >= 0.6 is 11.6 Å². The molecule has 0 aliphatic carbocycles. The zero-order chi connectivity index (χ0) is 20.3. The van der Waals surface area contributed by atoms with E-state index in [1.54, 1.807) is 12.1 Å². The highest BCUT2D eigenvalue weighted by Gasteiger charge is 2.12. The van der Waals surface area contributed by atoms with E-state index in [1.165, 1.54) is 36.2 Å². The first kappa shape index (κ1) is 19.6. The van der Waals surface area contributed by atoms with Gasteiger partial charge in [-0.25, -0.2) is 9.78 Å². The van der Waals surface area contributed by atoms with Crippen LogP contribution < -0.4 is 10.9 Å². The quantitative estimate of drug-likeness (QED) is 0.665. The fourth-order valence-electron chi connectivity index (χ4n) is 2.80. The van der Waals surface area contributed by atoms with E-state index in [4.69, 9.17) is 11.6 Å². The predicted molar refractivity (Wildman–Crippen MR) is 107 cm³/mol. The minimum Gasteiger partial charge on any atom is -0.465 e. The van der Waals surface area contributed by atoms with Crippen LogP contribution in [0.1, 0.15) is 22.3 Å². The van der Waals surface area contributed by atoms with Crippen LogP contribution in [0.15, 0.2) is 47.5 Å². The Labute approximate surface area is 165 Å². The van der Waals surface area contributed by atoms with Crippen LogP contribution in [0.4, 0.5) is 5.69 Å². The molecule has 0 fully saturated rings. The molecule has 0 saturated carbocycles. The smallest absolute Gasteiger partial charge is 0.337 e. The van der Waals surface area contributed by atoms with Gasteiger partial charge in [-0.3, -0.25) is 14.2 Å². The Morgan fingerprint density at radius 2 is 2.04 bits per heavy atom. The Kier molecular flexibility index (Phi) is 5.75. The number of esters is 1. The molecule has 28 heavy (non-hydrogen) atoms. The van der Waals surface area contributed by atoms with Crippen LogP contribution in [-0.4, -0.2) is 28.5 Å². The van der Waals surface area contributed by atoms with Crippen LogP contribution in [0.2, 0.25) is 5.02 Å². The maximum atomic E-state index is 12.6. The van der Waals surface area contributed by atoms with Crippen molar-refractivity contribution in [3.63, 3.8) is 0 Å². The molecule has 0 radical (unpaired) electrons. The molecule has 144 valence electrons. The SMILES string of the molecule is COC(=O)c1ccc(Cl)c(NC(=O)CCn2cnc3c(C)cccc3c2=O)c1. The number of aromatic nitrogens is 2. The second-order valence-corrected chi connectivity index (χ2v) is 6.61. The number of hydrogen-bond acceptors (Lipinski definition) is 5. The van der Waals surface area contributed by atoms with Gasteiger partial charge in [-0.2, -0.15) is 0 Å². The summed E-state index contributed by atoms with van der Waals surface area (Å²) < 4.78 is 6.06. The summed E-state index contributed by atoms with van der Waals surface area (Å²) in [5.74, 6) is -0.878. The minimum atomic E-state index is -0.531. The van der Waals surface area contributed by atoms with Crippen molar-refractivity contribution in [2.75, 3.05) is 12.4 Å². The molecule has 1 heterocycles. The van der Waals surface area contributed by atoms with Gasteiger partial charge in [0.05, 0.1) is 40.6 Å². The number of ether oxygens (including phenoxy) is 1. The number of benzene rings is 2. The molecule has 2 aromatic carbocycles. The number of para-hydroxylation sites is 1. The predicted octanol–water partition coefficient (Wildman–Crippen LogP) is 3.17. The summed E-state index contributed by atoms with van der Waals surface area (Å²) >= 11 is 6.08. The summed E-state index contributed by atoms with van der Waals surface area (Å²) in [5, 5.41) is 3.45. The summed E-state index contributed by atoms with van der Waals surface area (Å²) in [4.78, 5) is 40.8. The highest BCUT2D eigenvalue weighted by atomic mass is 35.5. The van der Waals surface area contributed by atoms with Crippen molar-refractivity contribution in [3.8, 4) is 0 Å². The summed E-state index contributed by atoms with van der Waals surface area (Å²) in [6.45, 7) is 2.05. The van der Waals surface area contributed by atoms with Gasteiger partial charge in [0, 0.05) is 13.0 Å². The van der Waals surface area contributed by atoms with Gasteiger partial charge in [-0.15, -0.1) is 0 Å². The van der Waals surface area contributed by atoms with Gasteiger partial charge < -0.3 is 10.1 Å². The fourth-order valence-corrected chi connectivity index (χ4v) is 2.96. The van der Waals surface area contributed by atoms with E-state index in [0.717, 1.165) is 5.56 Å². The van der Waals surface area contributed by atoms with Crippen molar-refractivity contribution >= 4 is 40.1 Å². The molecule has 0 unspecified atom stereocenters. The van der Waals surface area contributed by atoms with Crippen molar-refractivity contribution in [1.82, 2.24) is 9.55 Å². The average Bonchev–Trinajstić information content (AvgIpc) is 2.69. The molecule has 0 atom stereocenters. The van der Waals surface area contributed by atoms with Crippen LogP contribution in [0.3, 0.4) is 0 Å². The summed E-state index contributed by atoms with van der Waals surface area (Å²) in [7, 11) is 1.27. The highest BCUT2D eigenvalue weighted by molar-refractivity contribution is 6.33. The van der Waals surface area contributed by atoms with Crippen molar-refractivity contribution in [2.45, 2.75) is 19.9 Å². The lowest BCUT2D eigenvalue weighted by molar-refractivity contribution is -0.116. The second-order valence-electron chi connectivity index (χ2n) is 6.20. The monoisotopic (exact) mass is 399 g/mol. The number of aryl methyl sites for hydroxylation is 2. The third-order valence-corrected chi connectivity index (χ3v) is 4.63. The number of carbonyl (C=O) groups is 2. The summed E-state index contributed by atoms with van der Waals surface area (Å²) in [6.07, 6.45) is 1.48. The van der Waals surface area contributed by atoms with Crippen LogP contribution in [-0.2, 0) is 16.1 Å². The van der Waals surface area contributed by atoms with Gasteiger partial charge in [0.25, 0.3) is 5.56 Å². The molecule has 3 aromatic rings. The second kappa shape index (κ2) is 8.22. The van der Waals surface area contributed by atoms with Gasteiger partial charge in [-0.1, -0.05) is 23.7 Å². The van der Waals surface area contributed by atoms with E-state index >= 15 is 0 Å². The number of nitrogens with one attached hydrogen (secondary N) is 1. The van der Waals surface area contributed by atoms with E-state index in [9.17, 15) is 14.4 Å². The standard InChI is InChI=1S/C20H18ClN3O4/c1-12-4-3-5-14-18(12)22-11-24(19(14)26)9-8-17(25)23-16-10-13(20(27)28-2)6-7-15(16)21/h3-7,10-11H,8-9H2,1-2H3,(H,23,25). The van der Waals surface area contributed by atoms with E-state index in [-0.39, 0.29) is 30.0 Å². The Morgan fingerprint density at radius 3 is 2.79 bits per heavy atom. The number of carbonyl (C=O) groups excluding carboxylic acids is 2. The molecule has 1 N–H and O–H groups in total. The van der Waals surface area contributed by atoms with Crippen LogP contribution in [0.5, 0.6) is 0 Å². The Balaban J connectivity index is 1.73. The van der Waals surface area contributed by atoms with Crippen molar-refractivity contribution in [2.24, 2.45) is 0 Å². The topological polar surface area (TPSA) is 90.3 Å². The molecule has 0 saturated heterocycles. The lowest BCUT2D eigenvalue weighted by Gasteiger charge is -2.10. The molecular formula is C20H18ClN3O4. The number of anilines is 1. The Morgan fingerprint density at radius 1 is 1.25 bits per heavy atom. The number of rotatable bonds is 5. The van der Waals surface area contributed by atoms with Crippen LogP contribution in [0.25, 0.3) is 10.9 Å². The molecule has 3 rings (SSSR count). The lowest BCUT2D eigenvalue weighted by Crippen LogP contribution is -2.24. The number of halogens is 1. The number of nitrogens with zero attached hydrogens (tertiary/aromatic N) is 2. The van der Waals surface area contributed by atoms with Crippen molar-refractivity contribution in [3.05, 3.63) is 69.2 Å². The number of methoxy groups -OCH3 is 1. The van der Waals surface area contributed by atoms with E-state index in [2.05, 4.69) is 15.0 Å². The first-order valence-corrected chi connectivity index (χ1v) is 8.91. The molecule has 7 nitrogen and oxygen atoms in total. The molecule has 0 aliphatic rings. The maximum absolute atomic E-state index is 12.6. The maximum Gasteiger partial charge on any atom is 0.337 e. The molecule has 8 heteroatoms. The van der Waals surface area contributed by atoms with Crippen molar-refractivity contribution < 1.29 is 14.3 Å². The first-order chi connectivity index (χ1) is 13.4. The van der Waals surface area contributed by atoms with E-state index < -0.39 is 5.97 Å². The number of fused-ring (bicyclic) bond motifs is 1. The summed E-state index contributed by atoms with van der Waals surface area (Å²) in [5.41, 5.74) is 1.94. The third kappa shape index (κ3) is 4.04. The lowest BCUT2D eigenvalue weighted by atomic mass is 10.1. The van der Waals surface area contributed by atoms with Gasteiger partial charge in [-0.05, 0) is 36.8 Å². The Hall–Kier alpha value is -3.19. The highest BCUT2D eigenvalue weighted by Crippen LogP contribution is 2.23. The zero-order valence-electron chi connectivity index (χ0n) is 15.4. The van der Waals surface area contributed by atoms with Crippen molar-refractivity contribution in [1.29, 1.82) is 0 Å². The molecular weight excluding hydrogens is 382 g/mol. The van der Waals surface area contributed by atoms with Crippen LogP contribution in [0, 0.1) is 6.92 Å². The zero-order valence-corrected chi connectivity index (χ0v) is 16.1. The average molecular weight is 400 g/mol. The number of hydrogen-bond donors (Lipinski definition) is 1. The molecule has 0 aliphatic heterocycles. The van der Waals surface area contributed by atoms with E-state index in [0.29, 0.717) is 21.6 Å². The molecule has 0 spiro atoms. The fraction of sp³-hybridized carbons (Fsp3) is 0.200. The number of amides is 1.